The van der Waals surface area contributed by atoms with Gasteiger partial charge >= 0.3 is 0 Å². The lowest BCUT2D eigenvalue weighted by Gasteiger charge is -2.25. The van der Waals surface area contributed by atoms with Crippen molar-refractivity contribution < 1.29 is 4.74 Å². The molecule has 0 aromatic heterocycles. The maximum atomic E-state index is 5.41. The first-order valence-corrected chi connectivity index (χ1v) is 5.52. The highest BCUT2D eigenvalue weighted by Crippen LogP contribution is 2.39. The Balaban J connectivity index is 1.92. The quantitative estimate of drug-likeness (QED) is 0.791. The lowest BCUT2D eigenvalue weighted by atomic mass is 9.93. The van der Waals surface area contributed by atoms with Gasteiger partial charge in [0.25, 0.3) is 0 Å². The highest BCUT2D eigenvalue weighted by molar-refractivity contribution is 5.37. The molecule has 2 fully saturated rings. The second kappa shape index (κ2) is 3.51. The summed E-state index contributed by atoms with van der Waals surface area (Å²) in [6, 6.07) is 8.77. The summed E-state index contributed by atoms with van der Waals surface area (Å²) in [4.78, 5) is 0. The normalized spacial score (nSPS) is 33.3. The minimum Gasteiger partial charge on any atom is -0.496 e. The number of rotatable bonds is 2. The summed E-state index contributed by atoms with van der Waals surface area (Å²) in [6.45, 7) is 2.37. The van der Waals surface area contributed by atoms with Gasteiger partial charge in [0, 0.05) is 18.7 Å². The largest absolute Gasteiger partial charge is 0.496 e. The molecule has 2 heterocycles. The van der Waals surface area contributed by atoms with Gasteiger partial charge in [-0.1, -0.05) is 18.2 Å². The molecule has 80 valence electrons. The van der Waals surface area contributed by atoms with Crippen molar-refractivity contribution in [2.45, 2.75) is 12.5 Å². The first-order chi connectivity index (χ1) is 7.38. The summed E-state index contributed by atoms with van der Waals surface area (Å²) in [5.74, 6) is 1.75. The van der Waals surface area contributed by atoms with E-state index in [1.807, 2.05) is 12.1 Å². The van der Waals surface area contributed by atoms with Gasteiger partial charge in [-0.05, 0) is 18.4 Å². The minimum atomic E-state index is 0.454. The summed E-state index contributed by atoms with van der Waals surface area (Å²) >= 11 is 0. The van der Waals surface area contributed by atoms with Crippen molar-refractivity contribution in [2.75, 3.05) is 20.2 Å². The maximum Gasteiger partial charge on any atom is 0.123 e. The van der Waals surface area contributed by atoms with Crippen LogP contribution < -0.4 is 10.2 Å². The van der Waals surface area contributed by atoms with Crippen molar-refractivity contribution in [3.05, 3.63) is 29.8 Å². The smallest absolute Gasteiger partial charge is 0.123 e. The Morgan fingerprint density at radius 2 is 2.27 bits per heavy atom. The van der Waals surface area contributed by atoms with Crippen LogP contribution in [-0.4, -0.2) is 25.2 Å². The number of nitrogens with one attached hydrogen (secondary N) is 1. The van der Waals surface area contributed by atoms with E-state index in [-0.39, 0.29) is 0 Å². The molecule has 3 atom stereocenters. The maximum absolute atomic E-state index is 5.41. The predicted molar refractivity (Wildman–Crippen MR) is 58.6 cm³/mol. The summed E-state index contributed by atoms with van der Waals surface area (Å²) in [6.07, 6.45) is 1.30. The summed E-state index contributed by atoms with van der Waals surface area (Å²) in [5, 5.41) is 2.32. The van der Waals surface area contributed by atoms with E-state index in [1.54, 1.807) is 7.11 Å². The number of fused-ring (bicyclic) bond motifs is 2. The van der Waals surface area contributed by atoms with Crippen molar-refractivity contribution in [3.8, 4) is 5.75 Å². The van der Waals surface area contributed by atoms with Crippen LogP contribution in [0.1, 0.15) is 18.0 Å². The molecule has 1 N–H and O–H groups in total. The average Bonchev–Trinajstić information content (AvgIpc) is 2.90. The van der Waals surface area contributed by atoms with Crippen LogP contribution in [0.15, 0.2) is 24.3 Å². The Morgan fingerprint density at radius 1 is 1.40 bits per heavy atom. The Kier molecular flexibility index (Phi) is 2.15. The first-order valence-electron chi connectivity index (χ1n) is 5.52. The molecule has 15 heavy (non-hydrogen) atoms. The van der Waals surface area contributed by atoms with E-state index in [1.165, 1.54) is 25.1 Å². The van der Waals surface area contributed by atoms with Crippen LogP contribution in [0.2, 0.25) is 0 Å². The molecule has 0 radical (unpaired) electrons. The van der Waals surface area contributed by atoms with Gasteiger partial charge in [0.15, 0.2) is 0 Å². The first kappa shape index (κ1) is 9.19. The van der Waals surface area contributed by atoms with E-state index in [9.17, 15) is 0 Å². The molecule has 1 aromatic rings. The third kappa shape index (κ3) is 1.43. The van der Waals surface area contributed by atoms with Gasteiger partial charge in [-0.2, -0.15) is 0 Å². The van der Waals surface area contributed by atoms with Crippen LogP contribution in [-0.2, 0) is 0 Å². The van der Waals surface area contributed by atoms with E-state index in [4.69, 9.17) is 4.74 Å². The van der Waals surface area contributed by atoms with Gasteiger partial charge in [0.2, 0.25) is 0 Å². The Hall–Kier alpha value is -1.06. The molecule has 2 bridgehead atoms. The van der Waals surface area contributed by atoms with E-state index in [0.29, 0.717) is 6.04 Å². The Labute approximate surface area is 90.0 Å². The Bertz CT molecular complexity index is 366. The average molecular weight is 204 g/mol. The second-order valence-corrected chi connectivity index (χ2v) is 4.34. The molecule has 1 aromatic carbocycles. The van der Waals surface area contributed by atoms with Crippen LogP contribution in [0.3, 0.4) is 0 Å². The van der Waals surface area contributed by atoms with Crippen LogP contribution in [0.4, 0.5) is 0 Å². The highest BCUT2D eigenvalue weighted by Gasteiger charge is 2.39. The molecular formula is C12H16N2O. The molecule has 3 nitrogen and oxygen atoms in total. The van der Waals surface area contributed by atoms with Crippen LogP contribution in [0.5, 0.6) is 5.75 Å². The third-order valence-electron chi connectivity index (χ3n) is 3.49. The fourth-order valence-corrected chi connectivity index (χ4v) is 2.73. The molecule has 0 saturated carbocycles. The molecule has 2 aliphatic rings. The summed E-state index contributed by atoms with van der Waals surface area (Å²) in [5.41, 5.74) is 4.83. The lowest BCUT2D eigenvalue weighted by Crippen LogP contribution is -2.34. The van der Waals surface area contributed by atoms with Gasteiger partial charge in [0.05, 0.1) is 13.2 Å². The van der Waals surface area contributed by atoms with Crippen LogP contribution >= 0.6 is 0 Å². The molecule has 3 unspecified atom stereocenters. The number of para-hydroxylation sites is 1. The summed E-state index contributed by atoms with van der Waals surface area (Å²) in [7, 11) is 1.74. The Morgan fingerprint density at radius 3 is 2.93 bits per heavy atom. The number of hydrogen-bond donors (Lipinski definition) is 1. The molecule has 0 aliphatic carbocycles. The van der Waals surface area contributed by atoms with E-state index < -0.39 is 0 Å². The number of hydrazine groups is 1. The van der Waals surface area contributed by atoms with Gasteiger partial charge in [-0.3, -0.25) is 0 Å². The van der Waals surface area contributed by atoms with Gasteiger partial charge in [-0.25, -0.2) is 10.4 Å². The molecule has 2 aliphatic heterocycles. The van der Waals surface area contributed by atoms with E-state index >= 15 is 0 Å². The van der Waals surface area contributed by atoms with Crippen LogP contribution in [0, 0.1) is 5.92 Å². The van der Waals surface area contributed by atoms with Gasteiger partial charge < -0.3 is 4.74 Å². The summed E-state index contributed by atoms with van der Waals surface area (Å²) < 4.78 is 5.41. The number of nitrogens with zero attached hydrogens (tertiary/aromatic N) is 1. The van der Waals surface area contributed by atoms with Crippen LogP contribution in [0.25, 0.3) is 0 Å². The third-order valence-corrected chi connectivity index (χ3v) is 3.49. The molecule has 3 heteroatoms. The number of benzene rings is 1. The molecule has 0 spiro atoms. The van der Waals surface area contributed by atoms with Crippen molar-refractivity contribution in [3.63, 3.8) is 0 Å². The fourth-order valence-electron chi connectivity index (χ4n) is 2.73. The minimum absolute atomic E-state index is 0.454. The fraction of sp³-hybridized carbons (Fsp3) is 0.500. The molecular weight excluding hydrogens is 188 g/mol. The lowest BCUT2D eigenvalue weighted by molar-refractivity contribution is 0.226. The monoisotopic (exact) mass is 204 g/mol. The van der Waals surface area contributed by atoms with Gasteiger partial charge in [-0.15, -0.1) is 0 Å². The number of hydrogen-bond acceptors (Lipinski definition) is 3. The molecule has 0 amide bonds. The van der Waals surface area contributed by atoms with Crippen molar-refractivity contribution in [1.29, 1.82) is 0 Å². The zero-order valence-corrected chi connectivity index (χ0v) is 8.94. The molecule has 3 rings (SSSR count). The predicted octanol–water partition coefficient (Wildman–Crippen LogP) is 1.58. The van der Waals surface area contributed by atoms with Crippen molar-refractivity contribution >= 4 is 0 Å². The van der Waals surface area contributed by atoms with Crippen molar-refractivity contribution in [2.24, 2.45) is 5.92 Å². The standard InChI is InChI=1S/C12H16N2O/c1-15-11-5-3-2-4-10(11)12-9-6-7-14(8-9)13-12/h2-5,9,12-13H,6-8H2,1H3. The highest BCUT2D eigenvalue weighted by atomic mass is 16.5. The SMILES string of the molecule is COc1ccccc1C1NN2CCC1C2. The topological polar surface area (TPSA) is 24.5 Å². The van der Waals surface area contributed by atoms with Gasteiger partial charge in [0.1, 0.15) is 5.75 Å². The zero-order valence-electron chi connectivity index (χ0n) is 8.94. The number of methoxy groups -OCH3 is 1. The van der Waals surface area contributed by atoms with Crippen molar-refractivity contribution in [1.82, 2.24) is 10.4 Å². The van der Waals surface area contributed by atoms with E-state index in [0.717, 1.165) is 11.7 Å². The number of ether oxygens (including phenoxy) is 1. The zero-order chi connectivity index (χ0) is 10.3. The van der Waals surface area contributed by atoms with E-state index in [2.05, 4.69) is 22.6 Å². The second-order valence-electron chi connectivity index (χ2n) is 4.34. The molecule has 2 saturated heterocycles.